The Bertz CT molecular complexity index is 403. The number of halogens is 1. The maximum absolute atomic E-state index is 13.3. The van der Waals surface area contributed by atoms with E-state index in [9.17, 15) is 9.18 Å². The molecule has 2 N–H and O–H groups in total. The first-order valence-electron chi connectivity index (χ1n) is 6.52. The van der Waals surface area contributed by atoms with E-state index in [0.29, 0.717) is 18.5 Å². The van der Waals surface area contributed by atoms with Crippen LogP contribution in [-0.2, 0) is 11.2 Å². The third-order valence-corrected chi connectivity index (χ3v) is 3.28. The second-order valence-corrected chi connectivity index (χ2v) is 4.63. The number of carbonyl (C=O) groups excluding carboxylic acids is 1. The van der Waals surface area contributed by atoms with Gasteiger partial charge in [0.05, 0.1) is 6.04 Å². The van der Waals surface area contributed by atoms with Crippen LogP contribution in [0.1, 0.15) is 24.8 Å². The van der Waals surface area contributed by atoms with Gasteiger partial charge in [0.15, 0.2) is 0 Å². The van der Waals surface area contributed by atoms with Crippen molar-refractivity contribution in [2.24, 2.45) is 0 Å². The third kappa shape index (κ3) is 3.53. The van der Waals surface area contributed by atoms with Gasteiger partial charge < -0.3 is 10.6 Å². The lowest BCUT2D eigenvalue weighted by molar-refractivity contribution is -0.123. The fourth-order valence-electron chi connectivity index (χ4n) is 2.22. The lowest BCUT2D eigenvalue weighted by atomic mass is 10.0. The number of amides is 1. The van der Waals surface area contributed by atoms with Crippen molar-refractivity contribution < 1.29 is 9.18 Å². The van der Waals surface area contributed by atoms with E-state index in [1.807, 2.05) is 6.07 Å². The monoisotopic (exact) mass is 250 g/mol. The van der Waals surface area contributed by atoms with Crippen LogP contribution in [0.25, 0.3) is 0 Å². The molecule has 0 radical (unpaired) electrons. The number of benzene rings is 1. The van der Waals surface area contributed by atoms with Crippen molar-refractivity contribution in [2.75, 3.05) is 13.1 Å². The number of nitrogens with one attached hydrogen (secondary N) is 2. The van der Waals surface area contributed by atoms with Crippen LogP contribution in [0.4, 0.5) is 4.39 Å². The topological polar surface area (TPSA) is 41.1 Å². The van der Waals surface area contributed by atoms with Crippen LogP contribution in [0.15, 0.2) is 24.3 Å². The number of hydrogen-bond acceptors (Lipinski definition) is 2. The van der Waals surface area contributed by atoms with Crippen LogP contribution in [0.5, 0.6) is 0 Å². The maximum atomic E-state index is 13.3. The fourth-order valence-corrected chi connectivity index (χ4v) is 2.22. The van der Waals surface area contributed by atoms with Crippen molar-refractivity contribution in [3.05, 3.63) is 35.6 Å². The molecule has 1 amide bonds. The number of hydrogen-bond donors (Lipinski definition) is 2. The van der Waals surface area contributed by atoms with Crippen molar-refractivity contribution in [3.8, 4) is 0 Å². The summed E-state index contributed by atoms with van der Waals surface area (Å²) in [6.07, 6.45) is 3.66. The zero-order chi connectivity index (χ0) is 12.8. The molecule has 2 rings (SSSR count). The largest absolute Gasteiger partial charge is 0.354 e. The molecule has 0 spiro atoms. The van der Waals surface area contributed by atoms with Crippen LogP contribution < -0.4 is 10.6 Å². The zero-order valence-corrected chi connectivity index (χ0v) is 10.4. The molecule has 1 aliphatic rings. The van der Waals surface area contributed by atoms with Crippen molar-refractivity contribution in [3.63, 3.8) is 0 Å². The van der Waals surface area contributed by atoms with Crippen LogP contribution >= 0.6 is 0 Å². The molecule has 0 aliphatic carbocycles. The molecule has 18 heavy (non-hydrogen) atoms. The van der Waals surface area contributed by atoms with Gasteiger partial charge in [-0.1, -0.05) is 24.6 Å². The first-order valence-corrected chi connectivity index (χ1v) is 6.52. The van der Waals surface area contributed by atoms with Crippen molar-refractivity contribution >= 4 is 5.91 Å². The van der Waals surface area contributed by atoms with Gasteiger partial charge in [0.1, 0.15) is 5.82 Å². The van der Waals surface area contributed by atoms with Gasteiger partial charge in [0.2, 0.25) is 5.91 Å². The molecule has 1 fully saturated rings. The quantitative estimate of drug-likeness (QED) is 0.852. The Labute approximate surface area is 107 Å². The SMILES string of the molecule is O=C(NCCc1ccccc1F)C1CCCCN1. The molecule has 1 atom stereocenters. The van der Waals surface area contributed by atoms with E-state index in [-0.39, 0.29) is 17.8 Å². The van der Waals surface area contributed by atoms with Gasteiger partial charge >= 0.3 is 0 Å². The molecule has 98 valence electrons. The molecule has 1 unspecified atom stereocenters. The van der Waals surface area contributed by atoms with E-state index in [1.54, 1.807) is 12.1 Å². The third-order valence-electron chi connectivity index (χ3n) is 3.28. The molecule has 3 nitrogen and oxygen atoms in total. The first kappa shape index (κ1) is 13.0. The fraction of sp³-hybridized carbons (Fsp3) is 0.500. The van der Waals surface area contributed by atoms with Gasteiger partial charge in [-0.25, -0.2) is 4.39 Å². The Morgan fingerprint density at radius 3 is 2.94 bits per heavy atom. The molecule has 4 heteroatoms. The van der Waals surface area contributed by atoms with Gasteiger partial charge in [-0.15, -0.1) is 0 Å². The summed E-state index contributed by atoms with van der Waals surface area (Å²) < 4.78 is 13.3. The summed E-state index contributed by atoms with van der Waals surface area (Å²) in [7, 11) is 0. The molecular formula is C14H19FN2O. The Kier molecular flexibility index (Phi) is 4.70. The minimum atomic E-state index is -0.206. The minimum Gasteiger partial charge on any atom is -0.354 e. The van der Waals surface area contributed by atoms with E-state index < -0.39 is 0 Å². The highest BCUT2D eigenvalue weighted by molar-refractivity contribution is 5.81. The molecule has 1 aliphatic heterocycles. The molecule has 0 bridgehead atoms. The zero-order valence-electron chi connectivity index (χ0n) is 10.4. The second-order valence-electron chi connectivity index (χ2n) is 4.63. The molecule has 1 heterocycles. The smallest absolute Gasteiger partial charge is 0.237 e. The van der Waals surface area contributed by atoms with E-state index in [0.717, 1.165) is 25.8 Å². The summed E-state index contributed by atoms with van der Waals surface area (Å²) in [5.41, 5.74) is 0.648. The normalized spacial score (nSPS) is 19.5. The van der Waals surface area contributed by atoms with E-state index in [4.69, 9.17) is 0 Å². The van der Waals surface area contributed by atoms with Crippen LogP contribution in [-0.4, -0.2) is 25.0 Å². The Morgan fingerprint density at radius 2 is 2.22 bits per heavy atom. The standard InChI is InChI=1S/C14H19FN2O/c15-12-6-2-1-5-11(12)8-10-17-14(18)13-7-3-4-9-16-13/h1-2,5-6,13,16H,3-4,7-10H2,(H,17,18). The molecule has 0 saturated carbocycles. The predicted molar refractivity (Wildman–Crippen MR) is 68.8 cm³/mol. The maximum Gasteiger partial charge on any atom is 0.237 e. The van der Waals surface area contributed by atoms with Crippen LogP contribution in [0.3, 0.4) is 0 Å². The lowest BCUT2D eigenvalue weighted by Gasteiger charge is -2.22. The lowest BCUT2D eigenvalue weighted by Crippen LogP contribution is -2.47. The molecular weight excluding hydrogens is 231 g/mol. The van der Waals surface area contributed by atoms with Gasteiger partial charge in [-0.05, 0) is 37.4 Å². The Balaban J connectivity index is 1.75. The highest BCUT2D eigenvalue weighted by atomic mass is 19.1. The average Bonchev–Trinajstić information content (AvgIpc) is 2.42. The molecule has 0 aromatic heterocycles. The van der Waals surface area contributed by atoms with Crippen LogP contribution in [0.2, 0.25) is 0 Å². The van der Waals surface area contributed by atoms with Gasteiger partial charge in [-0.2, -0.15) is 0 Å². The number of carbonyl (C=O) groups is 1. The van der Waals surface area contributed by atoms with Crippen molar-refractivity contribution in [2.45, 2.75) is 31.7 Å². The predicted octanol–water partition coefficient (Wildman–Crippen LogP) is 1.63. The highest BCUT2D eigenvalue weighted by Crippen LogP contribution is 2.08. The molecule has 1 saturated heterocycles. The summed E-state index contributed by atoms with van der Waals surface area (Å²) in [4.78, 5) is 11.8. The Hall–Kier alpha value is -1.42. The van der Waals surface area contributed by atoms with E-state index in [2.05, 4.69) is 10.6 Å². The van der Waals surface area contributed by atoms with E-state index >= 15 is 0 Å². The van der Waals surface area contributed by atoms with Crippen LogP contribution in [0, 0.1) is 5.82 Å². The molecule has 1 aromatic carbocycles. The molecule has 1 aromatic rings. The second kappa shape index (κ2) is 6.50. The Morgan fingerprint density at radius 1 is 1.39 bits per heavy atom. The van der Waals surface area contributed by atoms with E-state index in [1.165, 1.54) is 6.07 Å². The summed E-state index contributed by atoms with van der Waals surface area (Å²) in [5, 5.41) is 6.05. The highest BCUT2D eigenvalue weighted by Gasteiger charge is 2.19. The minimum absolute atomic E-state index is 0.0334. The summed E-state index contributed by atoms with van der Waals surface area (Å²) in [6, 6.07) is 6.60. The average molecular weight is 250 g/mol. The van der Waals surface area contributed by atoms with Crippen molar-refractivity contribution in [1.29, 1.82) is 0 Å². The number of rotatable bonds is 4. The van der Waals surface area contributed by atoms with Gasteiger partial charge in [-0.3, -0.25) is 4.79 Å². The summed E-state index contributed by atoms with van der Waals surface area (Å²) in [6.45, 7) is 1.39. The summed E-state index contributed by atoms with van der Waals surface area (Å²) >= 11 is 0. The first-order chi connectivity index (χ1) is 8.77. The number of piperidine rings is 1. The van der Waals surface area contributed by atoms with Gasteiger partial charge in [0.25, 0.3) is 0 Å². The van der Waals surface area contributed by atoms with Gasteiger partial charge in [0, 0.05) is 6.54 Å². The summed E-state index contributed by atoms with van der Waals surface area (Å²) in [5.74, 6) is -0.173. The van der Waals surface area contributed by atoms with Crippen molar-refractivity contribution in [1.82, 2.24) is 10.6 Å².